The molecule has 1 amide bonds. The lowest BCUT2D eigenvalue weighted by atomic mass is 10.1. The Bertz CT molecular complexity index is 829. The molecule has 2 fully saturated rings. The molecule has 1 aromatic carbocycles. The molecule has 3 aliphatic heterocycles. The normalized spacial score (nSPS) is 26.8. The molecule has 148 valence electrons. The van der Waals surface area contributed by atoms with Gasteiger partial charge in [-0.3, -0.25) is 14.5 Å². The molecule has 0 saturated carbocycles. The van der Waals surface area contributed by atoms with E-state index in [0.29, 0.717) is 42.9 Å². The summed E-state index contributed by atoms with van der Waals surface area (Å²) < 4.78 is 26.6. The van der Waals surface area contributed by atoms with Gasteiger partial charge in [0.1, 0.15) is 5.84 Å². The quantitative estimate of drug-likeness (QED) is 0.729. The molecule has 2 N–H and O–H groups in total. The van der Waals surface area contributed by atoms with Crippen LogP contribution in [0.1, 0.15) is 37.7 Å². The largest absolute Gasteiger partial charge is 0.335 e. The lowest BCUT2D eigenvalue weighted by Gasteiger charge is -2.27. The number of hydrogen-bond donors (Lipinski definition) is 2. The number of nitrogens with one attached hydrogen (secondary N) is 2. The Morgan fingerprint density at radius 1 is 1.19 bits per heavy atom. The van der Waals surface area contributed by atoms with Gasteiger partial charge < -0.3 is 10.2 Å². The maximum atomic E-state index is 12.6. The van der Waals surface area contributed by atoms with Gasteiger partial charge in [0.25, 0.3) is 10.0 Å². The van der Waals surface area contributed by atoms with E-state index in [0.717, 1.165) is 32.4 Å². The SMILES string of the molecule is Cl.O=C(CCCN=C1NS(=O)(=O)c2ccccc21)N1C2CCNCC1CC2. The number of benzene rings is 1. The number of hydrogen-bond acceptors (Lipinski definition) is 5. The first-order valence-corrected chi connectivity index (χ1v) is 10.7. The highest BCUT2D eigenvalue weighted by Crippen LogP contribution is 2.28. The van der Waals surface area contributed by atoms with Crippen molar-refractivity contribution in [2.24, 2.45) is 4.99 Å². The van der Waals surface area contributed by atoms with Crippen LogP contribution in [0.4, 0.5) is 0 Å². The van der Waals surface area contributed by atoms with Crippen molar-refractivity contribution in [1.29, 1.82) is 0 Å². The van der Waals surface area contributed by atoms with E-state index in [-0.39, 0.29) is 23.2 Å². The number of rotatable bonds is 4. The van der Waals surface area contributed by atoms with Crippen molar-refractivity contribution in [3.8, 4) is 0 Å². The van der Waals surface area contributed by atoms with Gasteiger partial charge in [-0.1, -0.05) is 12.1 Å². The first-order chi connectivity index (χ1) is 12.6. The van der Waals surface area contributed by atoms with Crippen molar-refractivity contribution in [1.82, 2.24) is 14.9 Å². The number of carbonyl (C=O) groups excluding carboxylic acids is 1. The summed E-state index contributed by atoms with van der Waals surface area (Å²) >= 11 is 0. The molecule has 0 radical (unpaired) electrons. The highest BCUT2D eigenvalue weighted by Gasteiger charge is 2.37. The molecule has 4 rings (SSSR count). The number of nitrogens with zero attached hydrogens (tertiary/aromatic N) is 2. The third-order valence-corrected chi connectivity index (χ3v) is 6.82. The van der Waals surface area contributed by atoms with Gasteiger partial charge in [-0.05, 0) is 44.4 Å². The van der Waals surface area contributed by atoms with Gasteiger partial charge in [0.15, 0.2) is 0 Å². The van der Waals surface area contributed by atoms with Gasteiger partial charge in [-0.2, -0.15) is 0 Å². The fourth-order valence-electron chi connectivity index (χ4n) is 4.19. The van der Waals surface area contributed by atoms with E-state index in [2.05, 4.69) is 19.9 Å². The second kappa shape index (κ2) is 8.16. The molecule has 0 aromatic heterocycles. The van der Waals surface area contributed by atoms with Crippen LogP contribution in [0, 0.1) is 0 Å². The zero-order valence-electron chi connectivity index (χ0n) is 15.1. The molecule has 1 aromatic rings. The van der Waals surface area contributed by atoms with Crippen LogP contribution in [0.25, 0.3) is 0 Å². The molecule has 27 heavy (non-hydrogen) atoms. The van der Waals surface area contributed by atoms with Crippen LogP contribution in [0.3, 0.4) is 0 Å². The Hall–Kier alpha value is -1.64. The fourth-order valence-corrected chi connectivity index (χ4v) is 5.44. The van der Waals surface area contributed by atoms with Crippen LogP contribution in [0.5, 0.6) is 0 Å². The van der Waals surface area contributed by atoms with Crippen LogP contribution in [0.2, 0.25) is 0 Å². The van der Waals surface area contributed by atoms with Gasteiger partial charge in [0.2, 0.25) is 5.91 Å². The van der Waals surface area contributed by atoms with E-state index >= 15 is 0 Å². The lowest BCUT2D eigenvalue weighted by Crippen LogP contribution is -2.42. The number of aliphatic imine (C=N–C) groups is 1. The van der Waals surface area contributed by atoms with Crippen molar-refractivity contribution in [3.63, 3.8) is 0 Å². The van der Waals surface area contributed by atoms with E-state index in [1.807, 2.05) is 0 Å². The number of fused-ring (bicyclic) bond motifs is 3. The van der Waals surface area contributed by atoms with Crippen molar-refractivity contribution in [2.45, 2.75) is 49.1 Å². The molecule has 3 heterocycles. The highest BCUT2D eigenvalue weighted by molar-refractivity contribution is 7.90. The van der Waals surface area contributed by atoms with E-state index in [4.69, 9.17) is 0 Å². The van der Waals surface area contributed by atoms with Crippen LogP contribution < -0.4 is 10.0 Å². The summed E-state index contributed by atoms with van der Waals surface area (Å²) in [6, 6.07) is 7.52. The smallest absolute Gasteiger partial charge is 0.263 e. The molecule has 3 aliphatic rings. The van der Waals surface area contributed by atoms with Crippen LogP contribution >= 0.6 is 12.4 Å². The molecular formula is C18H25ClN4O3S. The Kier molecular flexibility index (Phi) is 6.08. The number of sulfonamides is 1. The van der Waals surface area contributed by atoms with Gasteiger partial charge in [-0.15, -0.1) is 12.4 Å². The second-order valence-corrected chi connectivity index (χ2v) is 8.77. The van der Waals surface area contributed by atoms with Crippen LogP contribution in [-0.2, 0) is 14.8 Å². The molecule has 2 atom stereocenters. The average Bonchev–Trinajstić information content (AvgIpc) is 3.04. The van der Waals surface area contributed by atoms with Gasteiger partial charge in [0.05, 0.1) is 4.90 Å². The van der Waals surface area contributed by atoms with Crippen molar-refractivity contribution in [3.05, 3.63) is 29.8 Å². The molecule has 2 bridgehead atoms. The van der Waals surface area contributed by atoms with E-state index < -0.39 is 10.0 Å². The first-order valence-electron chi connectivity index (χ1n) is 9.25. The molecule has 2 saturated heterocycles. The topological polar surface area (TPSA) is 90.9 Å². The van der Waals surface area contributed by atoms with Crippen molar-refractivity contribution < 1.29 is 13.2 Å². The predicted octanol–water partition coefficient (Wildman–Crippen LogP) is 1.28. The summed E-state index contributed by atoms with van der Waals surface area (Å²) in [6.07, 6.45) is 4.31. The maximum Gasteiger partial charge on any atom is 0.263 e. The van der Waals surface area contributed by atoms with Gasteiger partial charge >= 0.3 is 0 Å². The van der Waals surface area contributed by atoms with E-state index in [1.54, 1.807) is 24.3 Å². The summed E-state index contributed by atoms with van der Waals surface area (Å²) in [5.41, 5.74) is 0.607. The minimum Gasteiger partial charge on any atom is -0.335 e. The number of amidine groups is 1. The first kappa shape index (κ1) is 20.1. The summed E-state index contributed by atoms with van der Waals surface area (Å²) in [6.45, 7) is 2.31. The summed E-state index contributed by atoms with van der Waals surface area (Å²) in [5, 5.41) is 3.40. The van der Waals surface area contributed by atoms with Gasteiger partial charge in [0, 0.05) is 37.2 Å². The Morgan fingerprint density at radius 2 is 1.96 bits per heavy atom. The zero-order chi connectivity index (χ0) is 18.1. The monoisotopic (exact) mass is 412 g/mol. The summed E-state index contributed by atoms with van der Waals surface area (Å²) in [4.78, 5) is 19.4. The Labute approximate surface area is 166 Å². The average molecular weight is 413 g/mol. The van der Waals surface area contributed by atoms with E-state index in [1.165, 1.54) is 0 Å². The summed E-state index contributed by atoms with van der Waals surface area (Å²) in [7, 11) is -3.50. The third kappa shape index (κ3) is 3.97. The van der Waals surface area contributed by atoms with Gasteiger partial charge in [-0.25, -0.2) is 8.42 Å². The standard InChI is InChI=1S/C18H24N4O3S.ClH/c23-17(22-13-7-8-14(22)12-19-11-9-13)6-3-10-20-18-15-4-1-2-5-16(15)26(24,25)21-18;/h1-2,4-5,13-14,19H,3,6-12H2,(H,20,21);1H. The predicted molar refractivity (Wildman–Crippen MR) is 106 cm³/mol. The van der Waals surface area contributed by atoms with Crippen LogP contribution in [-0.4, -0.2) is 56.8 Å². The summed E-state index contributed by atoms with van der Waals surface area (Å²) in [5.74, 6) is 0.584. The van der Waals surface area contributed by atoms with E-state index in [9.17, 15) is 13.2 Å². The number of amides is 1. The third-order valence-electron chi connectivity index (χ3n) is 5.42. The minimum atomic E-state index is -3.50. The molecule has 0 aliphatic carbocycles. The molecule has 7 nitrogen and oxygen atoms in total. The highest BCUT2D eigenvalue weighted by atomic mass is 35.5. The molecule has 0 spiro atoms. The Morgan fingerprint density at radius 3 is 2.81 bits per heavy atom. The zero-order valence-corrected chi connectivity index (χ0v) is 16.7. The van der Waals surface area contributed by atoms with Crippen molar-refractivity contribution >= 4 is 34.2 Å². The lowest BCUT2D eigenvalue weighted by molar-refractivity contribution is -0.133. The number of halogens is 1. The van der Waals surface area contributed by atoms with Crippen LogP contribution in [0.15, 0.2) is 34.2 Å². The van der Waals surface area contributed by atoms with Crippen molar-refractivity contribution in [2.75, 3.05) is 19.6 Å². The Balaban J connectivity index is 0.00000210. The fraction of sp³-hybridized carbons (Fsp3) is 0.556. The maximum absolute atomic E-state index is 12.6. The second-order valence-electron chi connectivity index (χ2n) is 7.11. The molecule has 9 heteroatoms. The molecular weight excluding hydrogens is 388 g/mol. The minimum absolute atomic E-state index is 0. The number of carbonyl (C=O) groups is 1. The molecule has 2 unspecified atom stereocenters.